The predicted octanol–water partition coefficient (Wildman–Crippen LogP) is 4.16. The molecule has 9 heteroatoms. The number of aliphatic hydroxyl groups is 1. The summed E-state index contributed by atoms with van der Waals surface area (Å²) < 4.78 is 38.3. The highest BCUT2D eigenvalue weighted by Gasteiger charge is 2.06. The molecule has 38 heavy (non-hydrogen) atoms. The van der Waals surface area contributed by atoms with Crippen molar-refractivity contribution >= 4 is 0 Å². The minimum Gasteiger partial charge on any atom is -0.508 e. The molecule has 0 fully saturated rings. The highest BCUT2D eigenvalue weighted by Crippen LogP contribution is 2.25. The molecule has 0 aliphatic heterocycles. The van der Waals surface area contributed by atoms with Crippen molar-refractivity contribution in [1.29, 1.82) is 0 Å². The van der Waals surface area contributed by atoms with Crippen LogP contribution in [0.5, 0.6) is 11.5 Å². The number of unbranched alkanes of at least 4 members (excludes halogenated alkanes) is 6. The van der Waals surface area contributed by atoms with E-state index in [2.05, 4.69) is 6.92 Å². The zero-order chi connectivity index (χ0) is 27.4. The summed E-state index contributed by atoms with van der Waals surface area (Å²) in [6, 6.07) is 5.32. The Morgan fingerprint density at radius 3 is 1.50 bits per heavy atom. The van der Waals surface area contributed by atoms with Crippen LogP contribution in [0.15, 0.2) is 18.2 Å². The van der Waals surface area contributed by atoms with E-state index in [1.54, 1.807) is 6.07 Å². The van der Waals surface area contributed by atoms with E-state index < -0.39 is 0 Å². The topological polar surface area (TPSA) is 105 Å². The van der Waals surface area contributed by atoms with Crippen LogP contribution in [-0.4, -0.2) is 103 Å². The van der Waals surface area contributed by atoms with Crippen molar-refractivity contribution in [1.82, 2.24) is 0 Å². The number of hydrogen-bond donors (Lipinski definition) is 2. The van der Waals surface area contributed by atoms with Crippen molar-refractivity contribution in [3.63, 3.8) is 0 Å². The number of phenolic OH excluding ortho intramolecular Hbond substituents is 1. The van der Waals surface area contributed by atoms with Crippen molar-refractivity contribution in [2.45, 2.75) is 58.3 Å². The van der Waals surface area contributed by atoms with Gasteiger partial charge >= 0.3 is 0 Å². The molecule has 1 aromatic rings. The standard InChI is InChI=1S/C29H52O9/c1-2-3-4-5-6-7-8-9-27-26-28(31)10-11-29(27)38-25-24-37-23-22-36-21-20-35-19-18-34-17-16-33-15-14-32-13-12-30/h10-11,26,30-31H,2-9,12-25H2,1H3. The van der Waals surface area contributed by atoms with Crippen LogP contribution in [0.3, 0.4) is 0 Å². The third-order valence-corrected chi connectivity index (χ3v) is 5.67. The van der Waals surface area contributed by atoms with Crippen molar-refractivity contribution in [3.05, 3.63) is 23.8 Å². The van der Waals surface area contributed by atoms with Gasteiger partial charge in [-0.1, -0.05) is 45.4 Å². The molecule has 0 aromatic heterocycles. The average Bonchev–Trinajstić information content (AvgIpc) is 2.92. The van der Waals surface area contributed by atoms with E-state index in [9.17, 15) is 5.11 Å². The monoisotopic (exact) mass is 544 g/mol. The van der Waals surface area contributed by atoms with E-state index >= 15 is 0 Å². The van der Waals surface area contributed by atoms with Crippen LogP contribution in [0.25, 0.3) is 0 Å². The predicted molar refractivity (Wildman–Crippen MR) is 147 cm³/mol. The zero-order valence-corrected chi connectivity index (χ0v) is 23.5. The Morgan fingerprint density at radius 1 is 0.553 bits per heavy atom. The molecule has 2 N–H and O–H groups in total. The number of rotatable bonds is 29. The van der Waals surface area contributed by atoms with Crippen LogP contribution in [0.2, 0.25) is 0 Å². The van der Waals surface area contributed by atoms with Crippen molar-refractivity contribution in [2.75, 3.05) is 92.5 Å². The van der Waals surface area contributed by atoms with Gasteiger partial charge in [-0.05, 0) is 36.6 Å². The quantitative estimate of drug-likeness (QED) is 0.144. The maximum absolute atomic E-state index is 9.86. The Hall–Kier alpha value is -1.46. The molecule has 9 nitrogen and oxygen atoms in total. The van der Waals surface area contributed by atoms with E-state index in [0.717, 1.165) is 24.2 Å². The number of aliphatic hydroxyl groups excluding tert-OH is 1. The smallest absolute Gasteiger partial charge is 0.122 e. The highest BCUT2D eigenvalue weighted by molar-refractivity contribution is 5.39. The van der Waals surface area contributed by atoms with E-state index in [0.29, 0.717) is 85.9 Å². The molecule has 1 rings (SSSR count). The van der Waals surface area contributed by atoms with Gasteiger partial charge in [0.25, 0.3) is 0 Å². The van der Waals surface area contributed by atoms with Gasteiger partial charge in [0, 0.05) is 0 Å². The minimum absolute atomic E-state index is 0.0283. The summed E-state index contributed by atoms with van der Waals surface area (Å²) in [5.74, 6) is 1.11. The summed E-state index contributed by atoms with van der Waals surface area (Å²) >= 11 is 0. The lowest BCUT2D eigenvalue weighted by molar-refractivity contribution is -0.0191. The number of ether oxygens (including phenoxy) is 7. The molecule has 0 spiro atoms. The fraction of sp³-hybridized carbons (Fsp3) is 0.793. The third kappa shape index (κ3) is 21.5. The van der Waals surface area contributed by atoms with Gasteiger partial charge < -0.3 is 43.4 Å². The Bertz CT molecular complexity index is 630. The first-order valence-corrected chi connectivity index (χ1v) is 14.3. The minimum atomic E-state index is 0.0283. The second-order valence-corrected chi connectivity index (χ2v) is 8.91. The molecule has 0 unspecified atom stereocenters. The Balaban J connectivity index is 1.91. The first kappa shape index (κ1) is 34.6. The van der Waals surface area contributed by atoms with Gasteiger partial charge in [0.05, 0.1) is 85.9 Å². The third-order valence-electron chi connectivity index (χ3n) is 5.67. The van der Waals surface area contributed by atoms with E-state index in [4.69, 9.17) is 38.3 Å². The van der Waals surface area contributed by atoms with Crippen LogP contribution in [0.1, 0.15) is 57.4 Å². The fourth-order valence-electron chi connectivity index (χ4n) is 3.65. The first-order valence-electron chi connectivity index (χ1n) is 14.3. The Morgan fingerprint density at radius 2 is 1.00 bits per heavy atom. The summed E-state index contributed by atoms with van der Waals surface area (Å²) in [7, 11) is 0. The van der Waals surface area contributed by atoms with Gasteiger partial charge in [-0.25, -0.2) is 0 Å². The van der Waals surface area contributed by atoms with Gasteiger partial charge in [0.2, 0.25) is 0 Å². The van der Waals surface area contributed by atoms with Crippen LogP contribution in [0.4, 0.5) is 0 Å². The highest BCUT2D eigenvalue weighted by atomic mass is 16.6. The fourth-order valence-corrected chi connectivity index (χ4v) is 3.65. The van der Waals surface area contributed by atoms with Crippen LogP contribution < -0.4 is 4.74 Å². The molecule has 222 valence electrons. The molecule has 0 bridgehead atoms. The van der Waals surface area contributed by atoms with Crippen LogP contribution in [0, 0.1) is 0 Å². The van der Waals surface area contributed by atoms with Crippen molar-refractivity contribution < 1.29 is 43.4 Å². The molecule has 0 atom stereocenters. The SMILES string of the molecule is CCCCCCCCCc1cc(O)ccc1OCCOCCOCCOCCOCCOCCOCCO. The number of benzene rings is 1. The molecule has 0 saturated heterocycles. The van der Waals surface area contributed by atoms with Crippen LogP contribution >= 0.6 is 0 Å². The maximum atomic E-state index is 9.86. The molecule has 0 radical (unpaired) electrons. The maximum Gasteiger partial charge on any atom is 0.122 e. The van der Waals surface area contributed by atoms with Gasteiger partial charge in [0.15, 0.2) is 0 Å². The van der Waals surface area contributed by atoms with E-state index in [1.807, 2.05) is 12.1 Å². The van der Waals surface area contributed by atoms with Gasteiger partial charge in [0.1, 0.15) is 18.1 Å². The number of aromatic hydroxyl groups is 1. The largest absolute Gasteiger partial charge is 0.508 e. The summed E-state index contributed by atoms with van der Waals surface area (Å²) in [6.45, 7) is 8.56. The van der Waals surface area contributed by atoms with Crippen LogP contribution in [-0.2, 0) is 34.8 Å². The number of hydrogen-bond acceptors (Lipinski definition) is 9. The second-order valence-electron chi connectivity index (χ2n) is 8.91. The van der Waals surface area contributed by atoms with Crippen molar-refractivity contribution in [2.24, 2.45) is 0 Å². The first-order chi connectivity index (χ1) is 18.8. The summed E-state index contributed by atoms with van der Waals surface area (Å²) in [4.78, 5) is 0. The lowest BCUT2D eigenvalue weighted by atomic mass is 10.0. The van der Waals surface area contributed by atoms with Gasteiger partial charge in [-0.2, -0.15) is 0 Å². The second kappa shape index (κ2) is 27.1. The van der Waals surface area contributed by atoms with E-state index in [1.165, 1.54) is 38.5 Å². The molecule has 0 amide bonds. The zero-order valence-electron chi connectivity index (χ0n) is 23.5. The van der Waals surface area contributed by atoms with E-state index in [-0.39, 0.29) is 12.4 Å². The Labute approximate surface area is 229 Å². The molecule has 1 aromatic carbocycles. The normalized spacial score (nSPS) is 11.3. The molecule has 0 saturated carbocycles. The summed E-state index contributed by atoms with van der Waals surface area (Å²) in [6.07, 6.45) is 9.73. The lowest BCUT2D eigenvalue weighted by Gasteiger charge is -2.12. The average molecular weight is 545 g/mol. The van der Waals surface area contributed by atoms with Gasteiger partial charge in [-0.3, -0.25) is 0 Å². The number of phenols is 1. The molecule has 0 aliphatic carbocycles. The molecular formula is C29H52O9. The number of aryl methyl sites for hydroxylation is 1. The summed E-state index contributed by atoms with van der Waals surface area (Å²) in [5, 5.41) is 18.4. The molecular weight excluding hydrogens is 492 g/mol. The Kier molecular flexibility index (Phi) is 24.7. The lowest BCUT2D eigenvalue weighted by Crippen LogP contribution is -2.15. The molecule has 0 heterocycles. The van der Waals surface area contributed by atoms with Gasteiger partial charge in [-0.15, -0.1) is 0 Å². The summed E-state index contributed by atoms with van der Waals surface area (Å²) in [5.41, 5.74) is 1.06. The molecule has 0 aliphatic rings. The van der Waals surface area contributed by atoms with Crippen molar-refractivity contribution in [3.8, 4) is 11.5 Å².